The van der Waals surface area contributed by atoms with Gasteiger partial charge in [-0.15, -0.1) is 0 Å². The van der Waals surface area contributed by atoms with Crippen molar-refractivity contribution in [1.82, 2.24) is 4.40 Å². The van der Waals surface area contributed by atoms with Gasteiger partial charge >= 0.3 is 0 Å². The van der Waals surface area contributed by atoms with E-state index in [9.17, 15) is 0 Å². The third kappa shape index (κ3) is 0.855. The van der Waals surface area contributed by atoms with Gasteiger partial charge < -0.3 is 0 Å². The second-order valence-electron chi connectivity index (χ2n) is 3.09. The van der Waals surface area contributed by atoms with Gasteiger partial charge in [-0.2, -0.15) is 4.40 Å². The quantitative estimate of drug-likeness (QED) is 0.453. The molecule has 0 fully saturated rings. The van der Waals surface area contributed by atoms with Gasteiger partial charge in [0.25, 0.3) is 5.65 Å². The molecule has 0 aliphatic carbocycles. The zero-order valence-electron chi connectivity index (χ0n) is 7.09. The van der Waals surface area contributed by atoms with E-state index in [1.807, 2.05) is 12.1 Å². The molecule has 0 aliphatic rings. The molecular formula is C11H9N2+. The molecule has 0 bridgehead atoms. The second-order valence-corrected chi connectivity index (χ2v) is 3.09. The molecule has 0 saturated heterocycles. The van der Waals surface area contributed by atoms with Crippen LogP contribution >= 0.6 is 0 Å². The average molecular weight is 169 g/mol. The Kier molecular flexibility index (Phi) is 1.19. The molecule has 62 valence electrons. The number of nitrogens with zero attached hydrogens (tertiary/aromatic N) is 2. The van der Waals surface area contributed by atoms with Gasteiger partial charge in [0, 0.05) is 6.07 Å². The molecule has 2 heteroatoms. The van der Waals surface area contributed by atoms with Crippen LogP contribution in [-0.4, -0.2) is 4.40 Å². The molecule has 0 atom stereocenters. The first kappa shape index (κ1) is 6.66. The molecule has 13 heavy (non-hydrogen) atoms. The standard InChI is InChI=1S/C11H9N2/c1-4-8-13-10(5-1)9-12-7-3-2-6-11(12)13/h1-9H/q+1. The van der Waals surface area contributed by atoms with E-state index in [0.29, 0.717) is 0 Å². The highest BCUT2D eigenvalue weighted by molar-refractivity contribution is 5.51. The minimum Gasteiger partial charge on any atom is -0.202 e. The van der Waals surface area contributed by atoms with E-state index in [0.717, 1.165) is 0 Å². The Balaban J connectivity index is 2.64. The summed E-state index contributed by atoms with van der Waals surface area (Å²) >= 11 is 0. The fourth-order valence-corrected chi connectivity index (χ4v) is 1.67. The molecule has 0 unspecified atom stereocenters. The lowest BCUT2D eigenvalue weighted by molar-refractivity contribution is -0.509. The number of aromatic nitrogens is 2. The zero-order chi connectivity index (χ0) is 8.67. The SMILES string of the molecule is c1ccn2c(c1)c[n+]1ccccc21. The first-order valence-electron chi connectivity index (χ1n) is 4.31. The summed E-state index contributed by atoms with van der Waals surface area (Å²) in [6.45, 7) is 0. The van der Waals surface area contributed by atoms with E-state index in [4.69, 9.17) is 0 Å². The van der Waals surface area contributed by atoms with Crippen molar-refractivity contribution in [3.8, 4) is 0 Å². The minimum absolute atomic E-state index is 1.19. The first-order chi connectivity index (χ1) is 6.45. The van der Waals surface area contributed by atoms with Crippen molar-refractivity contribution in [3.63, 3.8) is 0 Å². The Morgan fingerprint density at radius 1 is 1.00 bits per heavy atom. The highest BCUT2D eigenvalue weighted by atomic mass is 15.1. The van der Waals surface area contributed by atoms with E-state index in [-0.39, 0.29) is 0 Å². The Morgan fingerprint density at radius 2 is 1.92 bits per heavy atom. The summed E-state index contributed by atoms with van der Waals surface area (Å²) in [5.74, 6) is 0. The molecular weight excluding hydrogens is 160 g/mol. The van der Waals surface area contributed by atoms with Crippen molar-refractivity contribution in [3.05, 3.63) is 55.0 Å². The Hall–Kier alpha value is -1.83. The molecule has 3 heterocycles. The van der Waals surface area contributed by atoms with Crippen LogP contribution in [0.3, 0.4) is 0 Å². The number of hydrogen-bond acceptors (Lipinski definition) is 0. The van der Waals surface area contributed by atoms with Crippen molar-refractivity contribution in [2.75, 3.05) is 0 Å². The van der Waals surface area contributed by atoms with Crippen LogP contribution in [0.25, 0.3) is 11.2 Å². The smallest absolute Gasteiger partial charge is 0.202 e. The van der Waals surface area contributed by atoms with Gasteiger partial charge in [-0.05, 0) is 18.2 Å². The van der Waals surface area contributed by atoms with Crippen LogP contribution < -0.4 is 4.40 Å². The Morgan fingerprint density at radius 3 is 2.92 bits per heavy atom. The maximum absolute atomic E-state index is 2.17. The normalized spacial score (nSPS) is 11.1. The van der Waals surface area contributed by atoms with Gasteiger partial charge in [0.1, 0.15) is 6.20 Å². The lowest BCUT2D eigenvalue weighted by Crippen LogP contribution is -2.16. The van der Waals surface area contributed by atoms with Crippen molar-refractivity contribution < 1.29 is 4.40 Å². The molecule has 0 aliphatic heterocycles. The molecule has 3 aromatic heterocycles. The summed E-state index contributed by atoms with van der Waals surface area (Å²) in [5, 5.41) is 0. The fourth-order valence-electron chi connectivity index (χ4n) is 1.67. The van der Waals surface area contributed by atoms with Crippen molar-refractivity contribution in [2.45, 2.75) is 0 Å². The number of fused-ring (bicyclic) bond motifs is 3. The lowest BCUT2D eigenvalue weighted by atomic mass is 10.4. The fraction of sp³-hybridized carbons (Fsp3) is 0. The van der Waals surface area contributed by atoms with Crippen LogP contribution in [0.5, 0.6) is 0 Å². The molecule has 0 amide bonds. The highest BCUT2D eigenvalue weighted by Crippen LogP contribution is 2.04. The molecule has 2 nitrogen and oxygen atoms in total. The maximum Gasteiger partial charge on any atom is 0.291 e. The number of rotatable bonds is 0. The molecule has 0 N–H and O–H groups in total. The van der Waals surface area contributed by atoms with Crippen LogP contribution in [0, 0.1) is 0 Å². The summed E-state index contributed by atoms with van der Waals surface area (Å²) in [6.07, 6.45) is 6.25. The van der Waals surface area contributed by atoms with Crippen molar-refractivity contribution >= 4 is 11.2 Å². The van der Waals surface area contributed by atoms with E-state index in [1.165, 1.54) is 11.2 Å². The van der Waals surface area contributed by atoms with Crippen LogP contribution in [-0.2, 0) is 0 Å². The van der Waals surface area contributed by atoms with E-state index >= 15 is 0 Å². The van der Waals surface area contributed by atoms with Gasteiger partial charge in [-0.3, -0.25) is 0 Å². The lowest BCUT2D eigenvalue weighted by Gasteiger charge is -1.84. The highest BCUT2D eigenvalue weighted by Gasteiger charge is 2.07. The van der Waals surface area contributed by atoms with Crippen molar-refractivity contribution in [2.24, 2.45) is 0 Å². The van der Waals surface area contributed by atoms with Crippen LogP contribution in [0.4, 0.5) is 0 Å². The summed E-state index contributed by atoms with van der Waals surface area (Å²) in [7, 11) is 0. The predicted octanol–water partition coefficient (Wildman–Crippen LogP) is 1.68. The molecule has 0 radical (unpaired) electrons. The topological polar surface area (TPSA) is 8.51 Å². The van der Waals surface area contributed by atoms with Gasteiger partial charge in [-0.25, -0.2) is 4.40 Å². The predicted molar refractivity (Wildman–Crippen MR) is 50.6 cm³/mol. The second kappa shape index (κ2) is 2.33. The van der Waals surface area contributed by atoms with E-state index in [1.54, 1.807) is 0 Å². The summed E-state index contributed by atoms with van der Waals surface area (Å²) in [5.41, 5.74) is 2.41. The van der Waals surface area contributed by atoms with E-state index in [2.05, 4.69) is 51.7 Å². The largest absolute Gasteiger partial charge is 0.291 e. The summed E-state index contributed by atoms with van der Waals surface area (Å²) in [4.78, 5) is 0. The van der Waals surface area contributed by atoms with Crippen LogP contribution in [0.1, 0.15) is 0 Å². The van der Waals surface area contributed by atoms with Gasteiger partial charge in [0.05, 0.1) is 12.4 Å². The third-order valence-corrected chi connectivity index (χ3v) is 2.28. The molecule has 0 spiro atoms. The number of imidazole rings is 1. The molecule has 3 aromatic rings. The molecule has 0 saturated carbocycles. The minimum atomic E-state index is 1.19. The first-order valence-corrected chi connectivity index (χ1v) is 4.31. The monoisotopic (exact) mass is 169 g/mol. The number of pyridine rings is 2. The zero-order valence-corrected chi connectivity index (χ0v) is 7.09. The summed E-state index contributed by atoms with van der Waals surface area (Å²) < 4.78 is 4.29. The molecule has 3 rings (SSSR count). The van der Waals surface area contributed by atoms with Crippen LogP contribution in [0.2, 0.25) is 0 Å². The number of hydrogen-bond donors (Lipinski definition) is 0. The van der Waals surface area contributed by atoms with Crippen molar-refractivity contribution in [1.29, 1.82) is 0 Å². The average Bonchev–Trinajstić information content (AvgIpc) is 2.56. The summed E-state index contributed by atoms with van der Waals surface area (Å²) in [6, 6.07) is 12.4. The Labute approximate surface area is 75.7 Å². The van der Waals surface area contributed by atoms with Gasteiger partial charge in [0.15, 0.2) is 5.52 Å². The van der Waals surface area contributed by atoms with Gasteiger partial charge in [-0.1, -0.05) is 12.1 Å². The maximum atomic E-state index is 2.17. The van der Waals surface area contributed by atoms with Gasteiger partial charge in [0.2, 0.25) is 0 Å². The Bertz CT molecular complexity index is 516. The molecule has 0 aromatic carbocycles. The van der Waals surface area contributed by atoms with E-state index < -0.39 is 0 Å². The third-order valence-electron chi connectivity index (χ3n) is 2.28. The van der Waals surface area contributed by atoms with Crippen LogP contribution in [0.15, 0.2) is 55.0 Å².